The Morgan fingerprint density at radius 3 is 2.64 bits per heavy atom. The summed E-state index contributed by atoms with van der Waals surface area (Å²) in [4.78, 5) is 22.7. The highest BCUT2D eigenvalue weighted by Crippen LogP contribution is 2.31. The number of carbonyl (C=O) groups is 1. The Kier molecular flexibility index (Phi) is 5.35. The molecule has 0 amide bonds. The van der Waals surface area contributed by atoms with Gasteiger partial charge in [0.1, 0.15) is 5.69 Å². The normalized spacial score (nSPS) is 15.4. The SMILES string of the molecule is CCOC(=O)c1cc([N+](=O)[O-])c(NC2CCCCC2)cc1C. The highest BCUT2D eigenvalue weighted by atomic mass is 16.6. The number of carbonyl (C=O) groups excluding carboxylic acids is 1. The number of hydrogen-bond acceptors (Lipinski definition) is 5. The molecule has 0 radical (unpaired) electrons. The van der Waals surface area contributed by atoms with Gasteiger partial charge in [-0.05, 0) is 38.3 Å². The lowest BCUT2D eigenvalue weighted by molar-refractivity contribution is -0.384. The van der Waals surface area contributed by atoms with Crippen LogP contribution in [-0.2, 0) is 4.74 Å². The lowest BCUT2D eigenvalue weighted by Gasteiger charge is -2.24. The molecule has 0 aliphatic heterocycles. The van der Waals surface area contributed by atoms with Crippen molar-refractivity contribution in [3.05, 3.63) is 33.4 Å². The summed E-state index contributed by atoms with van der Waals surface area (Å²) < 4.78 is 4.95. The number of aryl methyl sites for hydroxylation is 1. The molecule has 0 atom stereocenters. The average Bonchev–Trinajstić information content (AvgIpc) is 2.48. The number of esters is 1. The van der Waals surface area contributed by atoms with Crippen LogP contribution in [0.1, 0.15) is 54.9 Å². The zero-order chi connectivity index (χ0) is 16.1. The Balaban J connectivity index is 2.30. The van der Waals surface area contributed by atoms with E-state index in [1.807, 2.05) is 0 Å². The number of nitro benzene ring substituents is 1. The lowest BCUT2D eigenvalue weighted by Crippen LogP contribution is -2.23. The molecular weight excluding hydrogens is 284 g/mol. The van der Waals surface area contributed by atoms with Crippen LogP contribution in [0.3, 0.4) is 0 Å². The smallest absolute Gasteiger partial charge is 0.338 e. The number of nitro groups is 1. The molecule has 0 heterocycles. The van der Waals surface area contributed by atoms with Gasteiger partial charge in [0.05, 0.1) is 17.1 Å². The van der Waals surface area contributed by atoms with Crippen molar-refractivity contribution in [2.24, 2.45) is 0 Å². The first-order valence-electron chi connectivity index (χ1n) is 7.75. The highest BCUT2D eigenvalue weighted by molar-refractivity contribution is 5.93. The third kappa shape index (κ3) is 3.75. The Labute approximate surface area is 130 Å². The zero-order valence-electron chi connectivity index (χ0n) is 13.1. The van der Waals surface area contributed by atoms with E-state index >= 15 is 0 Å². The summed E-state index contributed by atoms with van der Waals surface area (Å²) in [7, 11) is 0. The second-order valence-corrected chi connectivity index (χ2v) is 5.64. The van der Waals surface area contributed by atoms with Crippen molar-refractivity contribution in [1.82, 2.24) is 0 Å². The van der Waals surface area contributed by atoms with Crippen LogP contribution >= 0.6 is 0 Å². The van der Waals surface area contributed by atoms with E-state index in [-0.39, 0.29) is 23.9 Å². The van der Waals surface area contributed by atoms with Crippen LogP contribution in [0.25, 0.3) is 0 Å². The number of rotatable bonds is 5. The van der Waals surface area contributed by atoms with E-state index in [2.05, 4.69) is 5.32 Å². The minimum Gasteiger partial charge on any atom is -0.462 e. The van der Waals surface area contributed by atoms with Crippen molar-refractivity contribution in [2.75, 3.05) is 11.9 Å². The molecule has 120 valence electrons. The maximum absolute atomic E-state index is 11.9. The van der Waals surface area contributed by atoms with Crippen LogP contribution in [0, 0.1) is 17.0 Å². The molecule has 1 saturated carbocycles. The van der Waals surface area contributed by atoms with Gasteiger partial charge < -0.3 is 10.1 Å². The number of ether oxygens (including phenoxy) is 1. The molecule has 1 aromatic rings. The van der Waals surface area contributed by atoms with Crippen LogP contribution in [0.4, 0.5) is 11.4 Å². The number of nitrogens with zero attached hydrogens (tertiary/aromatic N) is 1. The topological polar surface area (TPSA) is 81.5 Å². The minimum absolute atomic E-state index is 0.0702. The summed E-state index contributed by atoms with van der Waals surface area (Å²) in [5.74, 6) is -0.521. The van der Waals surface area contributed by atoms with E-state index in [1.54, 1.807) is 19.9 Å². The van der Waals surface area contributed by atoms with Crippen LogP contribution < -0.4 is 5.32 Å². The maximum atomic E-state index is 11.9. The Bertz CT molecular complexity index is 566. The van der Waals surface area contributed by atoms with Crippen molar-refractivity contribution in [2.45, 2.75) is 52.0 Å². The Morgan fingerprint density at radius 2 is 2.05 bits per heavy atom. The van der Waals surface area contributed by atoms with E-state index in [9.17, 15) is 14.9 Å². The summed E-state index contributed by atoms with van der Waals surface area (Å²) >= 11 is 0. The van der Waals surface area contributed by atoms with E-state index in [0.717, 1.165) is 25.7 Å². The van der Waals surface area contributed by atoms with Crippen molar-refractivity contribution >= 4 is 17.3 Å². The van der Waals surface area contributed by atoms with Gasteiger partial charge in [0.15, 0.2) is 0 Å². The molecule has 0 spiro atoms. The second kappa shape index (κ2) is 7.24. The lowest BCUT2D eigenvalue weighted by atomic mass is 9.95. The van der Waals surface area contributed by atoms with Crippen molar-refractivity contribution in [1.29, 1.82) is 0 Å². The van der Waals surface area contributed by atoms with Crippen LogP contribution in [0.2, 0.25) is 0 Å². The molecule has 1 aliphatic carbocycles. The van der Waals surface area contributed by atoms with Gasteiger partial charge in [-0.3, -0.25) is 10.1 Å². The first kappa shape index (κ1) is 16.3. The van der Waals surface area contributed by atoms with Gasteiger partial charge in [-0.15, -0.1) is 0 Å². The molecule has 1 fully saturated rings. The van der Waals surface area contributed by atoms with Gasteiger partial charge in [-0.2, -0.15) is 0 Å². The average molecular weight is 306 g/mol. The van der Waals surface area contributed by atoms with Crippen molar-refractivity contribution in [3.63, 3.8) is 0 Å². The predicted octanol–water partition coefficient (Wildman–Crippen LogP) is 3.82. The summed E-state index contributed by atoms with van der Waals surface area (Å²) in [6, 6.07) is 3.26. The first-order chi connectivity index (χ1) is 10.5. The first-order valence-corrected chi connectivity index (χ1v) is 7.75. The van der Waals surface area contributed by atoms with Crippen LogP contribution in [-0.4, -0.2) is 23.5 Å². The summed E-state index contributed by atoms with van der Waals surface area (Å²) in [5.41, 5.74) is 1.35. The maximum Gasteiger partial charge on any atom is 0.338 e. The molecule has 2 rings (SSSR count). The second-order valence-electron chi connectivity index (χ2n) is 5.64. The summed E-state index contributed by atoms with van der Waals surface area (Å²) in [6.45, 7) is 3.72. The van der Waals surface area contributed by atoms with Gasteiger partial charge in [0, 0.05) is 12.1 Å². The largest absolute Gasteiger partial charge is 0.462 e. The van der Waals surface area contributed by atoms with E-state index < -0.39 is 10.9 Å². The molecule has 22 heavy (non-hydrogen) atoms. The number of hydrogen-bond donors (Lipinski definition) is 1. The van der Waals surface area contributed by atoms with Gasteiger partial charge >= 0.3 is 5.97 Å². The number of nitrogens with one attached hydrogen (secondary N) is 1. The molecule has 0 unspecified atom stereocenters. The van der Waals surface area contributed by atoms with Crippen LogP contribution in [0.5, 0.6) is 0 Å². The third-order valence-electron chi connectivity index (χ3n) is 4.00. The van der Waals surface area contributed by atoms with Gasteiger partial charge in [0.25, 0.3) is 5.69 Å². The standard InChI is InChI=1S/C16H22N2O4/c1-3-22-16(19)13-10-15(18(20)21)14(9-11(13)2)17-12-7-5-4-6-8-12/h9-10,12,17H,3-8H2,1-2H3. The Morgan fingerprint density at radius 1 is 1.36 bits per heavy atom. The van der Waals surface area contributed by atoms with Crippen LogP contribution in [0.15, 0.2) is 12.1 Å². The molecule has 6 nitrogen and oxygen atoms in total. The molecule has 1 N–H and O–H groups in total. The fourth-order valence-corrected chi connectivity index (χ4v) is 2.86. The third-order valence-corrected chi connectivity index (χ3v) is 4.00. The van der Waals surface area contributed by atoms with Gasteiger partial charge in [0.2, 0.25) is 0 Å². The molecule has 1 aliphatic rings. The number of benzene rings is 1. The minimum atomic E-state index is -0.521. The highest BCUT2D eigenvalue weighted by Gasteiger charge is 2.23. The zero-order valence-corrected chi connectivity index (χ0v) is 13.1. The van der Waals surface area contributed by atoms with E-state index in [4.69, 9.17) is 4.74 Å². The number of anilines is 1. The van der Waals surface area contributed by atoms with Crippen molar-refractivity contribution < 1.29 is 14.5 Å². The monoisotopic (exact) mass is 306 g/mol. The predicted molar refractivity (Wildman–Crippen MR) is 84.3 cm³/mol. The quantitative estimate of drug-likeness (QED) is 0.508. The van der Waals surface area contributed by atoms with Crippen molar-refractivity contribution in [3.8, 4) is 0 Å². The molecule has 1 aromatic carbocycles. The fraction of sp³-hybridized carbons (Fsp3) is 0.562. The van der Waals surface area contributed by atoms with E-state index in [1.165, 1.54) is 12.5 Å². The molecule has 0 saturated heterocycles. The fourth-order valence-electron chi connectivity index (χ4n) is 2.86. The van der Waals surface area contributed by atoms with Gasteiger partial charge in [-0.25, -0.2) is 4.79 Å². The summed E-state index contributed by atoms with van der Waals surface area (Å²) in [5, 5.41) is 14.6. The molecular formula is C16H22N2O4. The molecule has 0 aromatic heterocycles. The molecule has 6 heteroatoms. The van der Waals surface area contributed by atoms with E-state index in [0.29, 0.717) is 11.3 Å². The van der Waals surface area contributed by atoms with Gasteiger partial charge in [-0.1, -0.05) is 19.3 Å². The Hall–Kier alpha value is -2.11. The molecule has 0 bridgehead atoms. The summed E-state index contributed by atoms with van der Waals surface area (Å²) in [6.07, 6.45) is 5.56.